The molecule has 0 aromatic heterocycles. The normalized spacial score (nSPS) is 45.4. The summed E-state index contributed by atoms with van der Waals surface area (Å²) in [6.07, 6.45) is 2.20. The molecule has 2 rings (SSSR count). The van der Waals surface area contributed by atoms with Crippen molar-refractivity contribution in [3.8, 4) is 0 Å². The highest BCUT2D eigenvalue weighted by atomic mass is 16.4. The lowest BCUT2D eigenvalue weighted by atomic mass is 9.73. The van der Waals surface area contributed by atoms with E-state index in [-0.39, 0.29) is 11.8 Å². The summed E-state index contributed by atoms with van der Waals surface area (Å²) >= 11 is 0. The van der Waals surface area contributed by atoms with E-state index in [1.54, 1.807) is 0 Å². The minimum atomic E-state index is -1.53. The molecule has 0 aromatic carbocycles. The first-order chi connectivity index (χ1) is 6.48. The number of fused-ring (bicyclic) bond motifs is 2. The van der Waals surface area contributed by atoms with Gasteiger partial charge < -0.3 is 15.9 Å². The maximum Gasteiger partial charge on any atom is 0.324 e. The van der Waals surface area contributed by atoms with Crippen LogP contribution in [0.3, 0.4) is 0 Å². The third-order valence-corrected chi connectivity index (χ3v) is 3.77. The predicted octanol–water partition coefficient (Wildman–Crippen LogP) is -0.101. The first kappa shape index (κ1) is 9.45. The highest BCUT2D eigenvalue weighted by molar-refractivity contribution is 5.88. The van der Waals surface area contributed by atoms with Gasteiger partial charge in [0.25, 0.3) is 0 Å². The number of carboxylic acid groups (broad SMARTS) is 2. The van der Waals surface area contributed by atoms with Crippen LogP contribution in [-0.2, 0) is 9.59 Å². The Morgan fingerprint density at radius 2 is 1.93 bits per heavy atom. The second-order valence-electron chi connectivity index (χ2n) is 4.32. The van der Waals surface area contributed by atoms with Crippen LogP contribution in [0.4, 0.5) is 0 Å². The van der Waals surface area contributed by atoms with Crippen LogP contribution in [0.2, 0.25) is 0 Å². The number of hydrogen-bond donors (Lipinski definition) is 3. The third-order valence-electron chi connectivity index (χ3n) is 3.77. The summed E-state index contributed by atoms with van der Waals surface area (Å²) in [4.78, 5) is 22.0. The van der Waals surface area contributed by atoms with Gasteiger partial charge in [0.1, 0.15) is 5.54 Å². The van der Waals surface area contributed by atoms with Gasteiger partial charge in [0.05, 0.1) is 5.92 Å². The molecule has 0 radical (unpaired) electrons. The summed E-state index contributed by atoms with van der Waals surface area (Å²) in [5, 5.41) is 18.0. The second-order valence-corrected chi connectivity index (χ2v) is 4.32. The Labute approximate surface area is 80.9 Å². The van der Waals surface area contributed by atoms with E-state index < -0.39 is 23.4 Å². The standard InChI is InChI=1S/C9H13NO4/c10-9(8(13)14)5-2-1-4(3-5)6(9)7(11)12/h4-6H,1-3,10H2,(H,11,12)(H,13,14)/t4?,5?,6-,9-/m1/s1. The van der Waals surface area contributed by atoms with E-state index in [0.717, 1.165) is 12.8 Å². The van der Waals surface area contributed by atoms with E-state index in [1.807, 2.05) is 0 Å². The Morgan fingerprint density at radius 1 is 1.29 bits per heavy atom. The van der Waals surface area contributed by atoms with Crippen molar-refractivity contribution in [2.75, 3.05) is 0 Å². The largest absolute Gasteiger partial charge is 0.481 e. The van der Waals surface area contributed by atoms with Crippen LogP contribution in [-0.4, -0.2) is 27.7 Å². The van der Waals surface area contributed by atoms with Gasteiger partial charge in [0.2, 0.25) is 0 Å². The number of rotatable bonds is 2. The van der Waals surface area contributed by atoms with Crippen molar-refractivity contribution in [1.82, 2.24) is 0 Å². The maximum atomic E-state index is 11.0. The molecule has 0 spiro atoms. The van der Waals surface area contributed by atoms with E-state index in [1.165, 1.54) is 0 Å². The Kier molecular flexibility index (Phi) is 1.82. The fourth-order valence-corrected chi connectivity index (χ4v) is 3.11. The van der Waals surface area contributed by atoms with Crippen LogP contribution in [0.25, 0.3) is 0 Å². The molecule has 4 N–H and O–H groups in total. The summed E-state index contributed by atoms with van der Waals surface area (Å²) in [5.41, 5.74) is 4.22. The van der Waals surface area contributed by atoms with Crippen molar-refractivity contribution in [2.24, 2.45) is 23.5 Å². The molecule has 4 atom stereocenters. The first-order valence-electron chi connectivity index (χ1n) is 4.73. The molecule has 2 aliphatic rings. The minimum absolute atomic E-state index is 0.0430. The first-order valence-corrected chi connectivity index (χ1v) is 4.73. The van der Waals surface area contributed by atoms with Crippen LogP contribution < -0.4 is 5.73 Å². The number of nitrogens with two attached hydrogens (primary N) is 1. The quantitative estimate of drug-likeness (QED) is 0.576. The summed E-state index contributed by atoms with van der Waals surface area (Å²) in [6.45, 7) is 0. The molecule has 0 heterocycles. The molecule has 2 unspecified atom stereocenters. The summed E-state index contributed by atoms with van der Waals surface area (Å²) in [5.74, 6) is -3.34. The zero-order valence-electron chi connectivity index (χ0n) is 7.64. The molecule has 0 aromatic rings. The van der Waals surface area contributed by atoms with Gasteiger partial charge in [-0.3, -0.25) is 9.59 Å². The van der Waals surface area contributed by atoms with Gasteiger partial charge in [0.15, 0.2) is 0 Å². The van der Waals surface area contributed by atoms with Crippen LogP contribution in [0.1, 0.15) is 19.3 Å². The highest BCUT2D eigenvalue weighted by Crippen LogP contribution is 2.53. The molecule has 14 heavy (non-hydrogen) atoms. The highest BCUT2D eigenvalue weighted by Gasteiger charge is 2.63. The average Bonchev–Trinajstić information content (AvgIpc) is 2.61. The van der Waals surface area contributed by atoms with Gasteiger partial charge in [-0.05, 0) is 31.1 Å². The molecule has 0 amide bonds. The fraction of sp³-hybridized carbons (Fsp3) is 0.778. The Hall–Kier alpha value is -1.10. The number of carbonyl (C=O) groups is 2. The van der Waals surface area contributed by atoms with Crippen molar-refractivity contribution in [1.29, 1.82) is 0 Å². The molecule has 2 saturated carbocycles. The number of carboxylic acids is 2. The summed E-state index contributed by atoms with van der Waals surface area (Å²) < 4.78 is 0. The topological polar surface area (TPSA) is 101 Å². The number of hydrogen-bond acceptors (Lipinski definition) is 3. The van der Waals surface area contributed by atoms with Crippen LogP contribution in [0, 0.1) is 17.8 Å². The lowest BCUT2D eigenvalue weighted by Gasteiger charge is -2.34. The van der Waals surface area contributed by atoms with Gasteiger partial charge in [0, 0.05) is 0 Å². The molecule has 5 nitrogen and oxygen atoms in total. The Bertz CT molecular complexity index is 303. The maximum absolute atomic E-state index is 11.0. The van der Waals surface area contributed by atoms with Crippen molar-refractivity contribution in [3.63, 3.8) is 0 Å². The smallest absolute Gasteiger partial charge is 0.324 e. The van der Waals surface area contributed by atoms with Crippen molar-refractivity contribution >= 4 is 11.9 Å². The van der Waals surface area contributed by atoms with E-state index >= 15 is 0 Å². The van der Waals surface area contributed by atoms with Crippen LogP contribution in [0.15, 0.2) is 0 Å². The third kappa shape index (κ3) is 0.930. The Balaban J connectivity index is 2.39. The molecular weight excluding hydrogens is 186 g/mol. The SMILES string of the molecule is N[C@]1(C(=O)O)C2CCC(C2)[C@@H]1C(=O)O. The van der Waals surface area contributed by atoms with Gasteiger partial charge in [-0.15, -0.1) is 0 Å². The molecule has 0 aliphatic heterocycles. The second kappa shape index (κ2) is 2.70. The molecule has 78 valence electrons. The number of aliphatic carboxylic acids is 2. The minimum Gasteiger partial charge on any atom is -0.481 e. The average molecular weight is 199 g/mol. The van der Waals surface area contributed by atoms with Gasteiger partial charge >= 0.3 is 11.9 Å². The van der Waals surface area contributed by atoms with Gasteiger partial charge in [-0.2, -0.15) is 0 Å². The molecular formula is C9H13NO4. The van der Waals surface area contributed by atoms with Crippen molar-refractivity contribution in [2.45, 2.75) is 24.8 Å². The fourth-order valence-electron chi connectivity index (χ4n) is 3.11. The monoisotopic (exact) mass is 199 g/mol. The molecule has 0 saturated heterocycles. The molecule has 5 heteroatoms. The predicted molar refractivity (Wildman–Crippen MR) is 46.5 cm³/mol. The molecule has 2 fully saturated rings. The zero-order valence-corrected chi connectivity index (χ0v) is 7.64. The van der Waals surface area contributed by atoms with E-state index in [4.69, 9.17) is 15.9 Å². The van der Waals surface area contributed by atoms with E-state index in [2.05, 4.69) is 0 Å². The van der Waals surface area contributed by atoms with Crippen LogP contribution >= 0.6 is 0 Å². The van der Waals surface area contributed by atoms with Crippen molar-refractivity contribution in [3.05, 3.63) is 0 Å². The summed E-state index contributed by atoms with van der Waals surface area (Å²) in [6, 6.07) is 0. The Morgan fingerprint density at radius 3 is 2.36 bits per heavy atom. The lowest BCUT2D eigenvalue weighted by Crippen LogP contribution is -2.60. The van der Waals surface area contributed by atoms with Gasteiger partial charge in [-0.25, -0.2) is 0 Å². The lowest BCUT2D eigenvalue weighted by molar-refractivity contribution is -0.158. The van der Waals surface area contributed by atoms with Crippen molar-refractivity contribution < 1.29 is 19.8 Å². The molecule has 2 aliphatic carbocycles. The molecule has 2 bridgehead atoms. The summed E-state index contributed by atoms with van der Waals surface area (Å²) in [7, 11) is 0. The van der Waals surface area contributed by atoms with E-state index in [9.17, 15) is 9.59 Å². The zero-order chi connectivity index (χ0) is 10.5. The van der Waals surface area contributed by atoms with Crippen LogP contribution in [0.5, 0.6) is 0 Å². The van der Waals surface area contributed by atoms with E-state index in [0.29, 0.717) is 6.42 Å². The van der Waals surface area contributed by atoms with Gasteiger partial charge in [-0.1, -0.05) is 0 Å².